The van der Waals surface area contributed by atoms with E-state index in [0.29, 0.717) is 0 Å². The minimum absolute atomic E-state index is 0.0707. The molecule has 3 N–H and O–H groups in total. The van der Waals surface area contributed by atoms with Crippen LogP contribution in [0.3, 0.4) is 0 Å². The fourth-order valence-corrected chi connectivity index (χ4v) is 2.49. The SMILES string of the molecule is CNS(=O)(=O)c1cccc(NC(=O)NCC(F)(F)F)c1C. The van der Waals surface area contributed by atoms with Crippen molar-refractivity contribution in [3.05, 3.63) is 23.8 Å². The minimum atomic E-state index is -4.52. The molecule has 6 nitrogen and oxygen atoms in total. The number of nitrogens with one attached hydrogen (secondary N) is 3. The second kappa shape index (κ2) is 6.31. The van der Waals surface area contributed by atoms with E-state index < -0.39 is 28.8 Å². The van der Waals surface area contributed by atoms with Gasteiger partial charge in [0.15, 0.2) is 0 Å². The number of amides is 2. The highest BCUT2D eigenvalue weighted by molar-refractivity contribution is 7.89. The van der Waals surface area contributed by atoms with E-state index in [1.165, 1.54) is 32.2 Å². The summed E-state index contributed by atoms with van der Waals surface area (Å²) in [6, 6.07) is 3.00. The summed E-state index contributed by atoms with van der Waals surface area (Å²) in [4.78, 5) is 11.3. The Labute approximate surface area is 119 Å². The smallest absolute Gasteiger partial charge is 0.329 e. The van der Waals surface area contributed by atoms with E-state index in [9.17, 15) is 26.4 Å². The highest BCUT2D eigenvalue weighted by Crippen LogP contribution is 2.22. The fourth-order valence-electron chi connectivity index (χ4n) is 1.50. The van der Waals surface area contributed by atoms with Gasteiger partial charge in [-0.1, -0.05) is 6.07 Å². The van der Waals surface area contributed by atoms with E-state index in [0.717, 1.165) is 0 Å². The van der Waals surface area contributed by atoms with Crippen molar-refractivity contribution >= 4 is 21.7 Å². The van der Waals surface area contributed by atoms with Crippen molar-refractivity contribution in [1.82, 2.24) is 10.0 Å². The molecular weight excluding hydrogens is 311 g/mol. The topological polar surface area (TPSA) is 87.3 Å². The summed E-state index contributed by atoms with van der Waals surface area (Å²) in [5.41, 5.74) is 0.319. The van der Waals surface area contributed by atoms with Crippen molar-refractivity contribution < 1.29 is 26.4 Å². The number of hydrogen-bond donors (Lipinski definition) is 3. The minimum Gasteiger partial charge on any atom is -0.329 e. The van der Waals surface area contributed by atoms with Crippen LogP contribution in [0.25, 0.3) is 0 Å². The number of carbonyl (C=O) groups excluding carboxylic acids is 1. The number of alkyl halides is 3. The molecule has 0 bridgehead atoms. The monoisotopic (exact) mass is 325 g/mol. The Kier molecular flexibility index (Phi) is 5.18. The molecule has 1 rings (SSSR count). The van der Waals surface area contributed by atoms with Gasteiger partial charge >= 0.3 is 12.2 Å². The van der Waals surface area contributed by atoms with E-state index in [1.807, 2.05) is 0 Å². The molecule has 1 aromatic rings. The zero-order valence-electron chi connectivity index (χ0n) is 11.2. The van der Waals surface area contributed by atoms with Gasteiger partial charge in [-0.05, 0) is 31.7 Å². The number of sulfonamides is 1. The molecule has 0 radical (unpaired) electrons. The van der Waals surface area contributed by atoms with E-state index in [1.54, 1.807) is 5.32 Å². The predicted octanol–water partition coefficient (Wildman–Crippen LogP) is 1.59. The average molecular weight is 325 g/mol. The first-order chi connectivity index (χ1) is 9.57. The van der Waals surface area contributed by atoms with E-state index >= 15 is 0 Å². The summed E-state index contributed by atoms with van der Waals surface area (Å²) in [6.45, 7) is -0.0457. The first-order valence-electron chi connectivity index (χ1n) is 5.71. The molecule has 10 heteroatoms. The van der Waals surface area contributed by atoms with Crippen molar-refractivity contribution in [1.29, 1.82) is 0 Å². The van der Waals surface area contributed by atoms with Crippen LogP contribution in [-0.2, 0) is 10.0 Å². The summed E-state index contributed by atoms with van der Waals surface area (Å²) in [5, 5.41) is 3.81. The maximum atomic E-state index is 12.0. The molecule has 0 saturated carbocycles. The van der Waals surface area contributed by atoms with E-state index in [2.05, 4.69) is 10.0 Å². The molecule has 0 aromatic heterocycles. The van der Waals surface area contributed by atoms with Crippen LogP contribution >= 0.6 is 0 Å². The van der Waals surface area contributed by atoms with Crippen LogP contribution in [0.5, 0.6) is 0 Å². The van der Waals surface area contributed by atoms with Gasteiger partial charge in [0, 0.05) is 5.69 Å². The molecule has 0 heterocycles. The van der Waals surface area contributed by atoms with Gasteiger partial charge in [-0.3, -0.25) is 0 Å². The summed E-state index contributed by atoms with van der Waals surface area (Å²) in [6.07, 6.45) is -4.52. The normalized spacial score (nSPS) is 12.0. The molecule has 0 aliphatic carbocycles. The molecule has 118 valence electrons. The number of benzene rings is 1. The Bertz CT molecular complexity index is 629. The van der Waals surface area contributed by atoms with Crippen LogP contribution in [0.4, 0.5) is 23.7 Å². The van der Waals surface area contributed by atoms with Crippen molar-refractivity contribution in [3.8, 4) is 0 Å². The standard InChI is InChI=1S/C11H14F3N3O3S/c1-7-8(17-10(18)16-6-11(12,13)14)4-3-5-9(7)21(19,20)15-2/h3-5,15H,6H2,1-2H3,(H2,16,17,18). The molecule has 0 spiro atoms. The predicted molar refractivity (Wildman–Crippen MR) is 70.5 cm³/mol. The lowest BCUT2D eigenvalue weighted by atomic mass is 10.2. The van der Waals surface area contributed by atoms with Crippen LogP contribution in [0.2, 0.25) is 0 Å². The molecule has 2 amide bonds. The van der Waals surface area contributed by atoms with Crippen LogP contribution in [-0.4, -0.2) is 34.2 Å². The molecule has 1 aromatic carbocycles. The Hall–Kier alpha value is -1.81. The molecule has 0 aliphatic rings. The lowest BCUT2D eigenvalue weighted by Gasteiger charge is -2.13. The number of anilines is 1. The molecular formula is C11H14F3N3O3S. The third-order valence-corrected chi connectivity index (χ3v) is 4.10. The zero-order valence-corrected chi connectivity index (χ0v) is 12.0. The van der Waals surface area contributed by atoms with E-state index in [4.69, 9.17) is 0 Å². The van der Waals surface area contributed by atoms with Gasteiger partial charge in [-0.25, -0.2) is 17.9 Å². The Morgan fingerprint density at radius 1 is 1.29 bits per heavy atom. The highest BCUT2D eigenvalue weighted by atomic mass is 32.2. The molecule has 0 unspecified atom stereocenters. The van der Waals surface area contributed by atoms with Crippen molar-refractivity contribution in [2.75, 3.05) is 18.9 Å². The Morgan fingerprint density at radius 2 is 1.90 bits per heavy atom. The first kappa shape index (κ1) is 17.2. The Balaban J connectivity index is 2.91. The highest BCUT2D eigenvalue weighted by Gasteiger charge is 2.27. The van der Waals surface area contributed by atoms with Gasteiger partial charge in [-0.15, -0.1) is 0 Å². The van der Waals surface area contributed by atoms with Crippen LogP contribution in [0.1, 0.15) is 5.56 Å². The van der Waals surface area contributed by atoms with Gasteiger partial charge in [-0.2, -0.15) is 13.2 Å². The number of halogens is 3. The number of urea groups is 1. The maximum absolute atomic E-state index is 12.0. The number of carbonyl (C=O) groups is 1. The molecule has 0 atom stereocenters. The first-order valence-corrected chi connectivity index (χ1v) is 7.20. The van der Waals surface area contributed by atoms with Crippen molar-refractivity contribution in [2.24, 2.45) is 0 Å². The summed E-state index contributed by atoms with van der Waals surface area (Å²) < 4.78 is 61.5. The lowest BCUT2D eigenvalue weighted by molar-refractivity contribution is -0.122. The summed E-state index contributed by atoms with van der Waals surface area (Å²) in [5.74, 6) is 0. The average Bonchev–Trinajstić information content (AvgIpc) is 2.38. The number of rotatable bonds is 4. The fraction of sp³-hybridized carbons (Fsp3) is 0.364. The zero-order chi connectivity index (χ0) is 16.3. The van der Waals surface area contributed by atoms with Crippen molar-refractivity contribution in [2.45, 2.75) is 18.0 Å². The van der Waals surface area contributed by atoms with Gasteiger partial charge < -0.3 is 10.6 Å². The summed E-state index contributed by atoms with van der Waals surface area (Å²) >= 11 is 0. The summed E-state index contributed by atoms with van der Waals surface area (Å²) in [7, 11) is -2.50. The quantitative estimate of drug-likeness (QED) is 0.785. The third-order valence-electron chi connectivity index (χ3n) is 2.54. The van der Waals surface area contributed by atoms with E-state index in [-0.39, 0.29) is 16.1 Å². The maximum Gasteiger partial charge on any atom is 0.405 e. The Morgan fingerprint density at radius 3 is 2.43 bits per heavy atom. The molecule has 0 fully saturated rings. The number of hydrogen-bond acceptors (Lipinski definition) is 3. The lowest BCUT2D eigenvalue weighted by Crippen LogP contribution is -2.36. The van der Waals surface area contributed by atoms with Gasteiger partial charge in [0.1, 0.15) is 6.54 Å². The molecule has 0 aliphatic heterocycles. The third kappa shape index (κ3) is 4.90. The van der Waals surface area contributed by atoms with Gasteiger partial charge in [0.05, 0.1) is 4.90 Å². The van der Waals surface area contributed by atoms with Gasteiger partial charge in [0.25, 0.3) is 0 Å². The largest absolute Gasteiger partial charge is 0.405 e. The van der Waals surface area contributed by atoms with Crippen LogP contribution in [0, 0.1) is 6.92 Å². The second-order valence-corrected chi connectivity index (χ2v) is 5.91. The molecule has 0 saturated heterocycles. The van der Waals surface area contributed by atoms with Crippen LogP contribution < -0.4 is 15.4 Å². The van der Waals surface area contributed by atoms with Gasteiger partial charge in [0.2, 0.25) is 10.0 Å². The second-order valence-electron chi connectivity index (χ2n) is 4.06. The van der Waals surface area contributed by atoms with Crippen molar-refractivity contribution in [3.63, 3.8) is 0 Å². The van der Waals surface area contributed by atoms with Crippen LogP contribution in [0.15, 0.2) is 23.1 Å². The molecule has 21 heavy (non-hydrogen) atoms.